The minimum absolute atomic E-state index is 0.0827. The van der Waals surface area contributed by atoms with Gasteiger partial charge in [-0.05, 0) is 34.5 Å². The maximum absolute atomic E-state index is 12.3. The Bertz CT molecular complexity index is 550. The Morgan fingerprint density at radius 3 is 2.77 bits per heavy atom. The van der Waals surface area contributed by atoms with Crippen molar-refractivity contribution in [2.75, 3.05) is 20.3 Å². The second-order valence-electron chi connectivity index (χ2n) is 5.11. The van der Waals surface area contributed by atoms with E-state index in [4.69, 9.17) is 14.6 Å². The molecular weight excluding hydrogens is 354 g/mol. The van der Waals surface area contributed by atoms with Gasteiger partial charge in [-0.2, -0.15) is 0 Å². The molecule has 7 heteroatoms. The molecule has 1 aromatic rings. The first kappa shape index (κ1) is 16.8. The van der Waals surface area contributed by atoms with E-state index in [0.29, 0.717) is 18.7 Å². The van der Waals surface area contributed by atoms with Crippen LogP contribution in [0.1, 0.15) is 12.8 Å². The van der Waals surface area contributed by atoms with Gasteiger partial charge in [0.15, 0.2) is 6.61 Å². The number of aliphatic carboxylic acids is 1. The molecule has 2 unspecified atom stereocenters. The van der Waals surface area contributed by atoms with E-state index in [9.17, 15) is 9.59 Å². The van der Waals surface area contributed by atoms with Crippen LogP contribution in [0.25, 0.3) is 0 Å². The molecule has 1 fully saturated rings. The molecule has 120 valence electrons. The largest absolute Gasteiger partial charge is 0.483 e. The van der Waals surface area contributed by atoms with E-state index >= 15 is 0 Å². The van der Waals surface area contributed by atoms with E-state index in [1.54, 1.807) is 18.1 Å². The molecule has 2 atom stereocenters. The summed E-state index contributed by atoms with van der Waals surface area (Å²) in [7, 11) is 1.56. The third kappa shape index (κ3) is 4.20. The molecule has 1 aliphatic heterocycles. The summed E-state index contributed by atoms with van der Waals surface area (Å²) in [6.45, 7) is 0.266. The molecule has 0 bridgehead atoms. The zero-order valence-corrected chi connectivity index (χ0v) is 13.8. The van der Waals surface area contributed by atoms with Gasteiger partial charge in [-0.15, -0.1) is 0 Å². The summed E-state index contributed by atoms with van der Waals surface area (Å²) in [5, 5.41) is 8.96. The molecule has 2 rings (SSSR count). The van der Waals surface area contributed by atoms with E-state index in [0.717, 1.165) is 4.47 Å². The number of hydrogen-bond acceptors (Lipinski definition) is 4. The number of rotatable bonds is 6. The summed E-state index contributed by atoms with van der Waals surface area (Å²) < 4.78 is 11.5. The molecule has 0 aromatic heterocycles. The third-order valence-corrected chi connectivity index (χ3v) is 4.28. The lowest BCUT2D eigenvalue weighted by atomic mass is 10.1. The van der Waals surface area contributed by atoms with Gasteiger partial charge >= 0.3 is 5.97 Å². The van der Waals surface area contributed by atoms with Crippen molar-refractivity contribution in [3.8, 4) is 5.75 Å². The van der Waals surface area contributed by atoms with Gasteiger partial charge in [0, 0.05) is 19.7 Å². The first-order valence-electron chi connectivity index (χ1n) is 6.92. The van der Waals surface area contributed by atoms with Gasteiger partial charge in [0.1, 0.15) is 5.75 Å². The van der Waals surface area contributed by atoms with Crippen LogP contribution in [-0.2, 0) is 14.3 Å². The van der Waals surface area contributed by atoms with Gasteiger partial charge in [0.05, 0.1) is 17.0 Å². The number of ether oxygens (including phenoxy) is 2. The standard InChI is InChI=1S/C15H18BrNO5/c1-21-11-6-10(7-15(19)20)17(8-11)14(18)9-22-13-5-3-2-4-12(13)16/h2-5,10-11H,6-9H2,1H3,(H,19,20). The average Bonchev–Trinajstić information content (AvgIpc) is 2.88. The lowest BCUT2D eigenvalue weighted by Crippen LogP contribution is -2.40. The van der Waals surface area contributed by atoms with Crippen LogP contribution in [-0.4, -0.2) is 54.3 Å². The average molecular weight is 372 g/mol. The van der Waals surface area contributed by atoms with Gasteiger partial charge in [-0.25, -0.2) is 0 Å². The van der Waals surface area contributed by atoms with Gasteiger partial charge in [0.25, 0.3) is 5.91 Å². The highest BCUT2D eigenvalue weighted by Gasteiger charge is 2.36. The Labute approximate surface area is 137 Å². The zero-order chi connectivity index (χ0) is 16.1. The van der Waals surface area contributed by atoms with Crippen LogP contribution in [0.3, 0.4) is 0 Å². The maximum atomic E-state index is 12.3. The number of amides is 1. The number of carbonyl (C=O) groups is 2. The van der Waals surface area contributed by atoms with Gasteiger partial charge in [-0.3, -0.25) is 9.59 Å². The van der Waals surface area contributed by atoms with Gasteiger partial charge in [0.2, 0.25) is 0 Å². The monoisotopic (exact) mass is 371 g/mol. The normalized spacial score (nSPS) is 20.9. The molecule has 1 N–H and O–H groups in total. The number of carboxylic acids is 1. The Kier molecular flexibility index (Phi) is 5.79. The topological polar surface area (TPSA) is 76.1 Å². The minimum Gasteiger partial charge on any atom is -0.483 e. The molecule has 1 amide bonds. The highest BCUT2D eigenvalue weighted by molar-refractivity contribution is 9.10. The fraction of sp³-hybridized carbons (Fsp3) is 0.467. The maximum Gasteiger partial charge on any atom is 0.305 e. The van der Waals surface area contributed by atoms with Crippen molar-refractivity contribution in [3.05, 3.63) is 28.7 Å². The summed E-state index contributed by atoms with van der Waals surface area (Å²) in [4.78, 5) is 24.8. The third-order valence-electron chi connectivity index (χ3n) is 3.63. The van der Waals surface area contributed by atoms with Crippen LogP contribution in [0.4, 0.5) is 0 Å². The molecule has 0 saturated carbocycles. The lowest BCUT2D eigenvalue weighted by molar-refractivity contribution is -0.140. The first-order chi connectivity index (χ1) is 10.5. The minimum atomic E-state index is -0.925. The van der Waals surface area contributed by atoms with Crippen molar-refractivity contribution in [2.24, 2.45) is 0 Å². The summed E-state index contributed by atoms with van der Waals surface area (Å²) in [5.74, 6) is -0.582. The van der Waals surface area contributed by atoms with Crippen LogP contribution in [0.5, 0.6) is 5.75 Å². The molecule has 0 aliphatic carbocycles. The van der Waals surface area contributed by atoms with Crippen LogP contribution in [0, 0.1) is 0 Å². The molecule has 1 heterocycles. The van der Waals surface area contributed by atoms with Crippen molar-refractivity contribution in [3.63, 3.8) is 0 Å². The summed E-state index contributed by atoms with van der Waals surface area (Å²) >= 11 is 3.35. The summed E-state index contributed by atoms with van der Waals surface area (Å²) in [6, 6.07) is 6.90. The predicted octanol–water partition coefficient (Wildman–Crippen LogP) is 1.92. The number of benzene rings is 1. The van der Waals surface area contributed by atoms with E-state index in [-0.39, 0.29) is 31.1 Å². The molecule has 1 aromatic carbocycles. The Morgan fingerprint density at radius 2 is 2.14 bits per heavy atom. The molecular formula is C15H18BrNO5. The predicted molar refractivity (Wildman–Crippen MR) is 82.8 cm³/mol. The molecule has 0 spiro atoms. The SMILES string of the molecule is COC1CC(CC(=O)O)N(C(=O)COc2ccccc2Br)C1. The van der Waals surface area contributed by atoms with E-state index < -0.39 is 5.97 Å². The van der Waals surface area contributed by atoms with E-state index in [1.807, 2.05) is 18.2 Å². The number of carbonyl (C=O) groups excluding carboxylic acids is 1. The second kappa shape index (κ2) is 7.60. The molecule has 6 nitrogen and oxygen atoms in total. The molecule has 0 radical (unpaired) electrons. The van der Waals surface area contributed by atoms with Crippen LogP contribution < -0.4 is 4.74 Å². The fourth-order valence-electron chi connectivity index (χ4n) is 2.53. The van der Waals surface area contributed by atoms with Crippen LogP contribution >= 0.6 is 15.9 Å². The lowest BCUT2D eigenvalue weighted by Gasteiger charge is -2.23. The number of halogens is 1. The summed E-state index contributed by atoms with van der Waals surface area (Å²) in [5.41, 5.74) is 0. The first-order valence-corrected chi connectivity index (χ1v) is 7.72. The number of para-hydroxylation sites is 1. The summed E-state index contributed by atoms with van der Waals surface area (Å²) in [6.07, 6.45) is 0.321. The second-order valence-corrected chi connectivity index (χ2v) is 5.96. The quantitative estimate of drug-likeness (QED) is 0.826. The van der Waals surface area contributed by atoms with E-state index in [1.165, 1.54) is 0 Å². The molecule has 1 saturated heterocycles. The Hall–Kier alpha value is -1.60. The van der Waals surface area contributed by atoms with Gasteiger partial charge in [-0.1, -0.05) is 12.1 Å². The highest BCUT2D eigenvalue weighted by atomic mass is 79.9. The number of carboxylic acid groups (broad SMARTS) is 1. The molecule has 1 aliphatic rings. The van der Waals surface area contributed by atoms with Gasteiger partial charge < -0.3 is 19.5 Å². The highest BCUT2D eigenvalue weighted by Crippen LogP contribution is 2.25. The Balaban J connectivity index is 1.97. The zero-order valence-electron chi connectivity index (χ0n) is 12.2. The van der Waals surface area contributed by atoms with Crippen LogP contribution in [0.15, 0.2) is 28.7 Å². The van der Waals surface area contributed by atoms with Crippen molar-refractivity contribution >= 4 is 27.8 Å². The number of methoxy groups -OCH3 is 1. The molecule has 22 heavy (non-hydrogen) atoms. The van der Waals surface area contributed by atoms with Crippen molar-refractivity contribution in [2.45, 2.75) is 25.0 Å². The van der Waals surface area contributed by atoms with Crippen LogP contribution in [0.2, 0.25) is 0 Å². The van der Waals surface area contributed by atoms with E-state index in [2.05, 4.69) is 15.9 Å². The fourth-order valence-corrected chi connectivity index (χ4v) is 2.93. The number of hydrogen-bond donors (Lipinski definition) is 1. The van der Waals surface area contributed by atoms with Crippen molar-refractivity contribution in [1.29, 1.82) is 0 Å². The van der Waals surface area contributed by atoms with Crippen molar-refractivity contribution < 1.29 is 24.2 Å². The van der Waals surface area contributed by atoms with Crippen molar-refractivity contribution in [1.82, 2.24) is 4.90 Å². The number of likely N-dealkylation sites (tertiary alicyclic amines) is 1. The smallest absolute Gasteiger partial charge is 0.305 e. The number of nitrogens with zero attached hydrogens (tertiary/aromatic N) is 1. The Morgan fingerprint density at radius 1 is 1.41 bits per heavy atom.